The number of ether oxygens (including phenoxy) is 2. The monoisotopic (exact) mass is 291 g/mol. The Hall–Kier alpha value is -1.36. The molecule has 0 amide bonds. The zero-order valence-corrected chi connectivity index (χ0v) is 12.9. The van der Waals surface area contributed by atoms with E-state index in [9.17, 15) is 0 Å². The van der Waals surface area contributed by atoms with Gasteiger partial charge in [0.25, 0.3) is 0 Å². The van der Waals surface area contributed by atoms with Crippen molar-refractivity contribution in [1.82, 2.24) is 5.32 Å². The van der Waals surface area contributed by atoms with Gasteiger partial charge in [-0.25, -0.2) is 0 Å². The van der Waals surface area contributed by atoms with Crippen LogP contribution in [0.5, 0.6) is 0 Å². The number of benzene rings is 1. The molecule has 1 aromatic carbocycles. The van der Waals surface area contributed by atoms with E-state index in [-0.39, 0.29) is 6.04 Å². The number of rotatable bonds is 10. The van der Waals surface area contributed by atoms with Crippen LogP contribution in [0.15, 0.2) is 34.7 Å². The first kappa shape index (κ1) is 16.0. The molecule has 0 bridgehead atoms. The van der Waals surface area contributed by atoms with Crippen LogP contribution in [0.4, 0.5) is 0 Å². The van der Waals surface area contributed by atoms with E-state index in [0.717, 1.165) is 42.7 Å². The SMILES string of the molecule is COCCOCCCCNC(C)c1cc2ccccc2o1. The lowest BCUT2D eigenvalue weighted by atomic mass is 10.2. The molecule has 0 spiro atoms. The molecule has 21 heavy (non-hydrogen) atoms. The molecule has 1 heterocycles. The maximum Gasteiger partial charge on any atom is 0.134 e. The van der Waals surface area contributed by atoms with Gasteiger partial charge in [-0.1, -0.05) is 18.2 Å². The molecular formula is C17H25NO3. The fourth-order valence-corrected chi connectivity index (χ4v) is 2.21. The van der Waals surface area contributed by atoms with E-state index in [4.69, 9.17) is 13.9 Å². The Labute approximate surface area is 126 Å². The average Bonchev–Trinajstić information content (AvgIpc) is 2.94. The summed E-state index contributed by atoms with van der Waals surface area (Å²) in [5.74, 6) is 0.993. The minimum Gasteiger partial charge on any atom is -0.459 e. The summed E-state index contributed by atoms with van der Waals surface area (Å²) in [7, 11) is 1.69. The number of furan rings is 1. The van der Waals surface area contributed by atoms with Crippen LogP contribution in [-0.4, -0.2) is 33.5 Å². The molecule has 0 aliphatic rings. The Morgan fingerprint density at radius 2 is 2.00 bits per heavy atom. The van der Waals surface area contributed by atoms with Crippen molar-refractivity contribution in [3.8, 4) is 0 Å². The van der Waals surface area contributed by atoms with Gasteiger partial charge in [-0.15, -0.1) is 0 Å². The van der Waals surface area contributed by atoms with Gasteiger partial charge in [0, 0.05) is 19.1 Å². The molecule has 1 aromatic heterocycles. The van der Waals surface area contributed by atoms with Crippen molar-refractivity contribution >= 4 is 11.0 Å². The maximum atomic E-state index is 5.85. The second kappa shape index (κ2) is 8.82. The van der Waals surface area contributed by atoms with Crippen LogP contribution in [0.25, 0.3) is 11.0 Å². The summed E-state index contributed by atoms with van der Waals surface area (Å²) in [6.07, 6.45) is 2.15. The lowest BCUT2D eigenvalue weighted by Gasteiger charge is -2.11. The minimum atomic E-state index is 0.229. The number of fused-ring (bicyclic) bond motifs is 1. The molecule has 0 aliphatic carbocycles. The van der Waals surface area contributed by atoms with Crippen molar-refractivity contribution in [3.63, 3.8) is 0 Å². The predicted molar refractivity (Wildman–Crippen MR) is 84.6 cm³/mol. The fourth-order valence-electron chi connectivity index (χ4n) is 2.21. The highest BCUT2D eigenvalue weighted by Gasteiger charge is 2.10. The molecule has 0 fully saturated rings. The Kier molecular flexibility index (Phi) is 6.73. The quantitative estimate of drug-likeness (QED) is 0.680. The predicted octanol–water partition coefficient (Wildman–Crippen LogP) is 3.53. The second-order valence-electron chi connectivity index (χ2n) is 5.17. The van der Waals surface area contributed by atoms with E-state index in [0.29, 0.717) is 13.2 Å². The van der Waals surface area contributed by atoms with Gasteiger partial charge >= 0.3 is 0 Å². The third kappa shape index (κ3) is 5.16. The topological polar surface area (TPSA) is 43.6 Å². The molecule has 2 aromatic rings. The third-order valence-corrected chi connectivity index (χ3v) is 3.47. The summed E-state index contributed by atoms with van der Waals surface area (Å²) >= 11 is 0. The lowest BCUT2D eigenvalue weighted by molar-refractivity contribution is 0.0687. The van der Waals surface area contributed by atoms with Crippen LogP contribution >= 0.6 is 0 Å². The van der Waals surface area contributed by atoms with Gasteiger partial charge in [0.2, 0.25) is 0 Å². The standard InChI is InChI=1S/C17H25NO3/c1-14(18-9-5-6-10-20-12-11-19-2)17-13-15-7-3-4-8-16(15)21-17/h3-4,7-8,13-14,18H,5-6,9-12H2,1-2H3. The first-order chi connectivity index (χ1) is 10.3. The number of para-hydroxylation sites is 1. The van der Waals surface area contributed by atoms with Crippen molar-refractivity contribution in [2.75, 3.05) is 33.5 Å². The molecule has 1 unspecified atom stereocenters. The molecule has 0 saturated carbocycles. The first-order valence-corrected chi connectivity index (χ1v) is 7.60. The van der Waals surface area contributed by atoms with Crippen LogP contribution in [-0.2, 0) is 9.47 Å². The summed E-state index contributed by atoms with van der Waals surface area (Å²) in [6, 6.07) is 10.4. The van der Waals surface area contributed by atoms with E-state index in [1.807, 2.05) is 18.2 Å². The lowest BCUT2D eigenvalue weighted by Crippen LogP contribution is -2.19. The van der Waals surface area contributed by atoms with E-state index in [1.54, 1.807) is 7.11 Å². The molecule has 1 atom stereocenters. The minimum absolute atomic E-state index is 0.229. The zero-order valence-electron chi connectivity index (χ0n) is 12.9. The summed E-state index contributed by atoms with van der Waals surface area (Å²) in [6.45, 7) is 5.24. The summed E-state index contributed by atoms with van der Waals surface area (Å²) in [5.41, 5.74) is 0.952. The molecule has 0 radical (unpaired) electrons. The first-order valence-electron chi connectivity index (χ1n) is 7.60. The van der Waals surface area contributed by atoms with Crippen LogP contribution in [0.1, 0.15) is 31.6 Å². The van der Waals surface area contributed by atoms with Crippen LogP contribution in [0.3, 0.4) is 0 Å². The second-order valence-corrected chi connectivity index (χ2v) is 5.17. The van der Waals surface area contributed by atoms with Crippen molar-refractivity contribution < 1.29 is 13.9 Å². The van der Waals surface area contributed by atoms with E-state index < -0.39 is 0 Å². The molecular weight excluding hydrogens is 266 g/mol. The van der Waals surface area contributed by atoms with Gasteiger partial charge < -0.3 is 19.2 Å². The normalized spacial score (nSPS) is 12.9. The Morgan fingerprint density at radius 3 is 2.81 bits per heavy atom. The molecule has 0 saturated heterocycles. The van der Waals surface area contributed by atoms with Crippen molar-refractivity contribution in [2.45, 2.75) is 25.8 Å². The van der Waals surface area contributed by atoms with Crippen molar-refractivity contribution in [3.05, 3.63) is 36.1 Å². The van der Waals surface area contributed by atoms with Gasteiger partial charge in [-0.2, -0.15) is 0 Å². The van der Waals surface area contributed by atoms with Gasteiger partial charge in [-0.3, -0.25) is 0 Å². The number of hydrogen-bond acceptors (Lipinski definition) is 4. The van der Waals surface area contributed by atoms with Crippen LogP contribution in [0, 0.1) is 0 Å². The molecule has 2 rings (SSSR count). The van der Waals surface area contributed by atoms with E-state index in [2.05, 4.69) is 24.4 Å². The molecule has 4 nitrogen and oxygen atoms in total. The largest absolute Gasteiger partial charge is 0.459 e. The highest BCUT2D eigenvalue weighted by atomic mass is 16.5. The smallest absolute Gasteiger partial charge is 0.134 e. The fraction of sp³-hybridized carbons (Fsp3) is 0.529. The average molecular weight is 291 g/mol. The Bertz CT molecular complexity index is 490. The number of nitrogens with one attached hydrogen (secondary N) is 1. The Balaban J connectivity index is 1.64. The summed E-state index contributed by atoms with van der Waals surface area (Å²) in [4.78, 5) is 0. The van der Waals surface area contributed by atoms with Crippen LogP contribution in [0.2, 0.25) is 0 Å². The van der Waals surface area contributed by atoms with E-state index >= 15 is 0 Å². The van der Waals surface area contributed by atoms with Crippen molar-refractivity contribution in [2.24, 2.45) is 0 Å². The highest BCUT2D eigenvalue weighted by molar-refractivity contribution is 5.77. The highest BCUT2D eigenvalue weighted by Crippen LogP contribution is 2.23. The number of methoxy groups -OCH3 is 1. The van der Waals surface area contributed by atoms with Gasteiger partial charge in [0.1, 0.15) is 11.3 Å². The van der Waals surface area contributed by atoms with Gasteiger partial charge in [-0.05, 0) is 38.4 Å². The molecule has 116 valence electrons. The Morgan fingerprint density at radius 1 is 1.14 bits per heavy atom. The molecule has 4 heteroatoms. The van der Waals surface area contributed by atoms with Crippen molar-refractivity contribution in [1.29, 1.82) is 0 Å². The van der Waals surface area contributed by atoms with E-state index in [1.165, 1.54) is 0 Å². The summed E-state index contributed by atoms with van der Waals surface area (Å²) < 4.78 is 16.2. The molecule has 0 aliphatic heterocycles. The third-order valence-electron chi connectivity index (χ3n) is 3.47. The zero-order chi connectivity index (χ0) is 14.9. The van der Waals surface area contributed by atoms with Crippen LogP contribution < -0.4 is 5.32 Å². The maximum absolute atomic E-state index is 5.85. The molecule has 1 N–H and O–H groups in total. The van der Waals surface area contributed by atoms with Gasteiger partial charge in [0.15, 0.2) is 0 Å². The van der Waals surface area contributed by atoms with Gasteiger partial charge in [0.05, 0.1) is 19.3 Å². The summed E-state index contributed by atoms with van der Waals surface area (Å²) in [5, 5.41) is 4.65. The number of hydrogen-bond donors (Lipinski definition) is 1. The number of unbranched alkanes of at least 4 members (excludes halogenated alkanes) is 1.